The highest BCUT2D eigenvalue weighted by molar-refractivity contribution is 6.21. The number of rotatable bonds is 6. The number of amides is 3. The molecule has 0 unspecified atom stereocenters. The Morgan fingerprint density at radius 1 is 1.07 bits per heavy atom. The van der Waals surface area contributed by atoms with Crippen LogP contribution < -0.4 is 10.6 Å². The molecule has 2 aromatic rings. The van der Waals surface area contributed by atoms with Crippen LogP contribution in [0.1, 0.15) is 31.1 Å². The molecular formula is C18H16N4O5. The van der Waals surface area contributed by atoms with Crippen LogP contribution in [0, 0.1) is 10.1 Å². The Labute approximate surface area is 154 Å². The van der Waals surface area contributed by atoms with Crippen molar-refractivity contribution in [3.63, 3.8) is 0 Å². The Morgan fingerprint density at radius 2 is 1.78 bits per heavy atom. The summed E-state index contributed by atoms with van der Waals surface area (Å²) in [5.74, 6) is -1.24. The van der Waals surface area contributed by atoms with Crippen molar-refractivity contribution in [2.24, 2.45) is 0 Å². The number of benzene rings is 2. The van der Waals surface area contributed by atoms with E-state index in [2.05, 4.69) is 10.6 Å². The molecule has 0 bridgehead atoms. The first kappa shape index (κ1) is 18.1. The van der Waals surface area contributed by atoms with Crippen molar-refractivity contribution < 1.29 is 19.3 Å². The fourth-order valence-corrected chi connectivity index (χ4v) is 2.76. The first-order chi connectivity index (χ1) is 12.9. The van der Waals surface area contributed by atoms with Crippen molar-refractivity contribution in [2.75, 3.05) is 25.5 Å². The monoisotopic (exact) mass is 368 g/mol. The van der Waals surface area contributed by atoms with E-state index in [4.69, 9.17) is 0 Å². The van der Waals surface area contributed by atoms with Gasteiger partial charge in [0, 0.05) is 31.8 Å². The summed E-state index contributed by atoms with van der Waals surface area (Å²) in [4.78, 5) is 47.6. The minimum atomic E-state index is -0.485. The van der Waals surface area contributed by atoms with Crippen LogP contribution in [0.4, 0.5) is 11.4 Å². The van der Waals surface area contributed by atoms with Gasteiger partial charge in [0.1, 0.15) is 5.69 Å². The predicted octanol–water partition coefficient (Wildman–Crippen LogP) is 1.66. The van der Waals surface area contributed by atoms with Gasteiger partial charge in [-0.1, -0.05) is 12.1 Å². The van der Waals surface area contributed by atoms with E-state index >= 15 is 0 Å². The molecular weight excluding hydrogens is 352 g/mol. The van der Waals surface area contributed by atoms with Crippen LogP contribution in [0.15, 0.2) is 42.5 Å². The Hall–Kier alpha value is -3.75. The van der Waals surface area contributed by atoms with Crippen molar-refractivity contribution in [3.8, 4) is 0 Å². The van der Waals surface area contributed by atoms with E-state index in [1.165, 1.54) is 31.3 Å². The molecule has 27 heavy (non-hydrogen) atoms. The number of para-hydroxylation sites is 2. The van der Waals surface area contributed by atoms with Crippen LogP contribution in [0.3, 0.4) is 0 Å². The van der Waals surface area contributed by atoms with Crippen LogP contribution in [0.2, 0.25) is 0 Å². The molecule has 3 rings (SSSR count). The quantitative estimate of drug-likeness (QED) is 0.346. The molecule has 0 radical (unpaired) electrons. The third-order valence-corrected chi connectivity index (χ3v) is 4.18. The van der Waals surface area contributed by atoms with Crippen molar-refractivity contribution in [3.05, 3.63) is 69.3 Å². The minimum absolute atomic E-state index is 0.0465. The average molecular weight is 368 g/mol. The lowest BCUT2D eigenvalue weighted by Gasteiger charge is -2.09. The third kappa shape index (κ3) is 3.47. The first-order valence-electron chi connectivity index (χ1n) is 8.12. The maximum Gasteiger partial charge on any atom is 0.292 e. The zero-order valence-corrected chi connectivity index (χ0v) is 14.4. The maximum atomic E-state index is 12.2. The molecule has 9 nitrogen and oxygen atoms in total. The molecule has 138 valence electrons. The molecule has 1 heterocycles. The molecule has 9 heteroatoms. The fourth-order valence-electron chi connectivity index (χ4n) is 2.76. The number of nitro groups is 1. The van der Waals surface area contributed by atoms with Gasteiger partial charge in [-0.3, -0.25) is 29.4 Å². The second-order valence-electron chi connectivity index (χ2n) is 5.89. The first-order valence-corrected chi connectivity index (χ1v) is 8.12. The number of nitro benzene ring substituents is 1. The summed E-state index contributed by atoms with van der Waals surface area (Å²) in [5.41, 5.74) is 1.05. The van der Waals surface area contributed by atoms with Crippen molar-refractivity contribution >= 4 is 29.1 Å². The van der Waals surface area contributed by atoms with Crippen LogP contribution in [-0.2, 0) is 0 Å². The van der Waals surface area contributed by atoms with Crippen LogP contribution in [0.25, 0.3) is 0 Å². The number of hydrogen-bond donors (Lipinski definition) is 2. The van der Waals surface area contributed by atoms with E-state index in [1.807, 2.05) is 0 Å². The zero-order valence-electron chi connectivity index (χ0n) is 14.4. The largest absolute Gasteiger partial charge is 0.378 e. The van der Waals surface area contributed by atoms with E-state index in [1.54, 1.807) is 18.2 Å². The number of fused-ring (bicyclic) bond motifs is 1. The number of carbonyl (C=O) groups excluding carboxylic acids is 3. The number of nitrogens with zero attached hydrogens (tertiary/aromatic N) is 2. The molecule has 3 amide bonds. The predicted molar refractivity (Wildman–Crippen MR) is 96.8 cm³/mol. The summed E-state index contributed by atoms with van der Waals surface area (Å²) in [6.45, 7) is 0.496. The van der Waals surface area contributed by atoms with Crippen LogP contribution >= 0.6 is 0 Å². The lowest BCUT2D eigenvalue weighted by atomic mass is 10.1. The standard InChI is InChI=1S/C18H16N4O5/c1-21-17(24)12-7-6-11(10-13(12)18(21)25)16(23)20-9-8-19-14-4-2-3-5-15(14)22(26)27/h2-7,10,19H,8-9H2,1H3,(H,20,23). The third-order valence-electron chi connectivity index (χ3n) is 4.18. The van der Waals surface area contributed by atoms with Crippen molar-refractivity contribution in [2.45, 2.75) is 0 Å². The Kier molecular flexibility index (Phi) is 4.84. The fraction of sp³-hybridized carbons (Fsp3) is 0.167. The normalized spacial score (nSPS) is 12.7. The Morgan fingerprint density at radius 3 is 2.52 bits per heavy atom. The molecule has 0 fully saturated rings. The molecule has 2 aromatic carbocycles. The molecule has 1 aliphatic rings. The molecule has 2 N–H and O–H groups in total. The topological polar surface area (TPSA) is 122 Å². The molecule has 0 aliphatic carbocycles. The highest BCUT2D eigenvalue weighted by atomic mass is 16.6. The number of anilines is 1. The van der Waals surface area contributed by atoms with Gasteiger partial charge in [-0.15, -0.1) is 0 Å². The lowest BCUT2D eigenvalue weighted by molar-refractivity contribution is -0.384. The SMILES string of the molecule is CN1C(=O)c2ccc(C(=O)NCCNc3ccccc3[N+](=O)[O-])cc2C1=O. The summed E-state index contributed by atoms with van der Waals surface area (Å²) >= 11 is 0. The summed E-state index contributed by atoms with van der Waals surface area (Å²) in [5, 5.41) is 16.5. The Bertz CT molecular complexity index is 957. The zero-order chi connectivity index (χ0) is 19.6. The molecule has 0 spiro atoms. The molecule has 1 aliphatic heterocycles. The number of imide groups is 1. The van der Waals surface area contributed by atoms with E-state index in [9.17, 15) is 24.5 Å². The van der Waals surface area contributed by atoms with Gasteiger partial charge in [-0.2, -0.15) is 0 Å². The average Bonchev–Trinajstić information content (AvgIpc) is 2.89. The summed E-state index contributed by atoms with van der Waals surface area (Å²) < 4.78 is 0. The smallest absolute Gasteiger partial charge is 0.292 e. The number of hydrogen-bond acceptors (Lipinski definition) is 6. The summed E-state index contributed by atoms with van der Waals surface area (Å²) in [7, 11) is 1.39. The van der Waals surface area contributed by atoms with E-state index < -0.39 is 22.6 Å². The van der Waals surface area contributed by atoms with Gasteiger partial charge in [-0.25, -0.2) is 0 Å². The molecule has 0 aromatic heterocycles. The van der Waals surface area contributed by atoms with Crippen molar-refractivity contribution in [1.82, 2.24) is 10.2 Å². The summed E-state index contributed by atoms with van der Waals surface area (Å²) in [6, 6.07) is 10.5. The number of nitrogens with one attached hydrogen (secondary N) is 2. The van der Waals surface area contributed by atoms with Gasteiger partial charge in [0.2, 0.25) is 0 Å². The Balaban J connectivity index is 1.59. The molecule has 0 saturated carbocycles. The van der Waals surface area contributed by atoms with Gasteiger partial charge in [0.25, 0.3) is 23.4 Å². The number of carbonyl (C=O) groups is 3. The highest BCUT2D eigenvalue weighted by Crippen LogP contribution is 2.23. The van der Waals surface area contributed by atoms with Gasteiger partial charge in [0.15, 0.2) is 0 Å². The van der Waals surface area contributed by atoms with Crippen LogP contribution in [-0.4, -0.2) is 47.7 Å². The van der Waals surface area contributed by atoms with Gasteiger partial charge in [-0.05, 0) is 24.3 Å². The van der Waals surface area contributed by atoms with Crippen molar-refractivity contribution in [1.29, 1.82) is 0 Å². The minimum Gasteiger partial charge on any atom is -0.378 e. The van der Waals surface area contributed by atoms with Gasteiger partial charge >= 0.3 is 0 Å². The second kappa shape index (κ2) is 7.24. The highest BCUT2D eigenvalue weighted by Gasteiger charge is 2.33. The van der Waals surface area contributed by atoms with E-state index in [-0.39, 0.29) is 35.5 Å². The molecule has 0 atom stereocenters. The summed E-state index contributed by atoms with van der Waals surface area (Å²) in [6.07, 6.45) is 0. The van der Waals surface area contributed by atoms with Gasteiger partial charge in [0.05, 0.1) is 16.1 Å². The van der Waals surface area contributed by atoms with E-state index in [0.717, 1.165) is 4.90 Å². The molecule has 0 saturated heterocycles. The maximum absolute atomic E-state index is 12.2. The van der Waals surface area contributed by atoms with Gasteiger partial charge < -0.3 is 10.6 Å². The second-order valence-corrected chi connectivity index (χ2v) is 5.89. The lowest BCUT2D eigenvalue weighted by Crippen LogP contribution is -2.29. The van der Waals surface area contributed by atoms with E-state index in [0.29, 0.717) is 5.69 Å². The van der Waals surface area contributed by atoms with Crippen LogP contribution in [0.5, 0.6) is 0 Å².